The zero-order valence-electron chi connectivity index (χ0n) is 10.6. The van der Waals surface area contributed by atoms with Gasteiger partial charge in [-0.05, 0) is 26.8 Å². The van der Waals surface area contributed by atoms with Gasteiger partial charge in [-0.1, -0.05) is 0 Å². The van der Waals surface area contributed by atoms with E-state index < -0.39 is 11.4 Å². The van der Waals surface area contributed by atoms with Crippen LogP contribution in [0, 0.1) is 0 Å². The van der Waals surface area contributed by atoms with E-state index in [9.17, 15) is 14.4 Å². The molecule has 0 spiro atoms. The van der Waals surface area contributed by atoms with Crippen molar-refractivity contribution in [2.75, 3.05) is 0 Å². The van der Waals surface area contributed by atoms with Gasteiger partial charge in [0.15, 0.2) is 5.78 Å². The van der Waals surface area contributed by atoms with E-state index in [0.717, 1.165) is 0 Å². The average molecular weight is 268 g/mol. The number of carbonyl (C=O) groups excluding carboxylic acids is 3. The third kappa shape index (κ3) is 3.96. The second-order valence-electron chi connectivity index (χ2n) is 4.74. The molecule has 0 aliphatic carbocycles. The number of hydrogen-bond acceptors (Lipinski definition) is 4. The Morgan fingerprint density at radius 2 is 2.00 bits per heavy atom. The Morgan fingerprint density at radius 1 is 1.39 bits per heavy atom. The quantitative estimate of drug-likeness (QED) is 0.789. The van der Waals surface area contributed by atoms with Crippen molar-refractivity contribution in [2.45, 2.75) is 32.7 Å². The molecule has 0 saturated carbocycles. The molecule has 0 aromatic carbocycles. The zero-order valence-corrected chi connectivity index (χ0v) is 11.4. The second kappa shape index (κ2) is 5.30. The summed E-state index contributed by atoms with van der Waals surface area (Å²) in [6, 6.07) is 1.54. The number of nitrogens with one attached hydrogen (secondary N) is 1. The first-order valence-electron chi connectivity index (χ1n) is 5.41. The maximum Gasteiger partial charge on any atom is 0.261 e. The van der Waals surface area contributed by atoms with Crippen LogP contribution in [0.5, 0.6) is 0 Å². The molecule has 1 heterocycles. The third-order valence-electron chi connectivity index (χ3n) is 2.30. The van der Waals surface area contributed by atoms with Crippen molar-refractivity contribution in [1.29, 1.82) is 0 Å². The van der Waals surface area contributed by atoms with Crippen molar-refractivity contribution in [3.63, 3.8) is 0 Å². The molecule has 0 radical (unpaired) electrons. The first-order valence-corrected chi connectivity index (χ1v) is 6.29. The Balaban J connectivity index is 2.75. The molecular weight excluding hydrogens is 252 g/mol. The van der Waals surface area contributed by atoms with Crippen molar-refractivity contribution >= 4 is 28.9 Å². The molecule has 0 unspecified atom stereocenters. The first kappa shape index (κ1) is 14.4. The predicted molar refractivity (Wildman–Crippen MR) is 69.7 cm³/mol. The molecule has 1 aromatic heterocycles. The van der Waals surface area contributed by atoms with Gasteiger partial charge in [-0.3, -0.25) is 14.4 Å². The van der Waals surface area contributed by atoms with Crippen LogP contribution in [0.25, 0.3) is 0 Å². The molecular formula is C12H16N2O3S. The van der Waals surface area contributed by atoms with Gasteiger partial charge in [-0.15, -0.1) is 11.3 Å². The Morgan fingerprint density at radius 3 is 2.44 bits per heavy atom. The lowest BCUT2D eigenvalue weighted by Crippen LogP contribution is -2.45. The van der Waals surface area contributed by atoms with Gasteiger partial charge >= 0.3 is 0 Å². The minimum atomic E-state index is -0.705. The lowest BCUT2D eigenvalue weighted by Gasteiger charge is -2.24. The van der Waals surface area contributed by atoms with E-state index >= 15 is 0 Å². The Hall–Kier alpha value is -1.69. The minimum absolute atomic E-state index is 0.0592. The van der Waals surface area contributed by atoms with Gasteiger partial charge in [0.25, 0.3) is 5.91 Å². The number of primary amides is 1. The predicted octanol–water partition coefficient (Wildman–Crippen LogP) is 1.33. The van der Waals surface area contributed by atoms with Crippen LogP contribution in [-0.2, 0) is 4.79 Å². The van der Waals surface area contributed by atoms with Gasteiger partial charge in [-0.2, -0.15) is 0 Å². The standard InChI is InChI=1S/C12H16N2O3S/c1-7(15)8-4-9(18-6-8)11(17)14-12(2,3)5-10(13)16/h4,6H,5H2,1-3H3,(H2,13,16)(H,14,17). The number of rotatable bonds is 5. The maximum atomic E-state index is 11.9. The molecule has 0 aliphatic rings. The highest BCUT2D eigenvalue weighted by atomic mass is 32.1. The molecule has 0 saturated heterocycles. The summed E-state index contributed by atoms with van der Waals surface area (Å²) in [6.07, 6.45) is 0.0592. The summed E-state index contributed by atoms with van der Waals surface area (Å²) < 4.78 is 0. The van der Waals surface area contributed by atoms with E-state index in [0.29, 0.717) is 10.4 Å². The summed E-state index contributed by atoms with van der Waals surface area (Å²) in [5.41, 5.74) is 4.91. The highest BCUT2D eigenvalue weighted by Gasteiger charge is 2.24. The largest absolute Gasteiger partial charge is 0.370 e. The van der Waals surface area contributed by atoms with Crippen molar-refractivity contribution in [3.8, 4) is 0 Å². The highest BCUT2D eigenvalue weighted by Crippen LogP contribution is 2.17. The van der Waals surface area contributed by atoms with E-state index in [1.54, 1.807) is 25.3 Å². The summed E-state index contributed by atoms with van der Waals surface area (Å²) in [7, 11) is 0. The van der Waals surface area contributed by atoms with Crippen LogP contribution in [0.1, 0.15) is 47.2 Å². The smallest absolute Gasteiger partial charge is 0.261 e. The van der Waals surface area contributed by atoms with Crippen molar-refractivity contribution in [3.05, 3.63) is 21.9 Å². The monoisotopic (exact) mass is 268 g/mol. The Bertz CT molecular complexity index is 491. The third-order valence-corrected chi connectivity index (χ3v) is 3.23. The molecule has 18 heavy (non-hydrogen) atoms. The molecule has 5 nitrogen and oxygen atoms in total. The minimum Gasteiger partial charge on any atom is -0.370 e. The fraction of sp³-hybridized carbons (Fsp3) is 0.417. The van der Waals surface area contributed by atoms with Crippen LogP contribution >= 0.6 is 11.3 Å². The SMILES string of the molecule is CC(=O)c1csc(C(=O)NC(C)(C)CC(N)=O)c1. The van der Waals surface area contributed by atoms with Crippen molar-refractivity contribution in [2.24, 2.45) is 5.73 Å². The first-order chi connectivity index (χ1) is 8.21. The van der Waals surface area contributed by atoms with Gasteiger partial charge in [0.2, 0.25) is 5.91 Å². The van der Waals surface area contributed by atoms with E-state index in [1.165, 1.54) is 18.3 Å². The molecule has 0 fully saturated rings. The summed E-state index contributed by atoms with van der Waals surface area (Å²) in [4.78, 5) is 34.3. The number of nitrogens with two attached hydrogens (primary N) is 1. The number of Topliss-reactive ketones (excluding diaryl/α,β-unsaturated/α-hetero) is 1. The fourth-order valence-electron chi connectivity index (χ4n) is 1.49. The molecule has 3 N–H and O–H groups in total. The zero-order chi connectivity index (χ0) is 13.9. The average Bonchev–Trinajstić information content (AvgIpc) is 2.62. The van der Waals surface area contributed by atoms with Crippen LogP contribution in [0.2, 0.25) is 0 Å². The number of thiophene rings is 1. The molecule has 1 rings (SSSR count). The second-order valence-corrected chi connectivity index (χ2v) is 5.65. The maximum absolute atomic E-state index is 11.9. The number of ketones is 1. The molecule has 1 aromatic rings. The summed E-state index contributed by atoms with van der Waals surface area (Å²) in [5, 5.41) is 4.35. The highest BCUT2D eigenvalue weighted by molar-refractivity contribution is 7.12. The fourth-order valence-corrected chi connectivity index (χ4v) is 2.33. The van der Waals surface area contributed by atoms with Gasteiger partial charge in [0.1, 0.15) is 0 Å². The molecule has 98 valence electrons. The van der Waals surface area contributed by atoms with E-state index in [1.807, 2.05) is 0 Å². The normalized spacial score (nSPS) is 11.1. The molecule has 6 heteroatoms. The van der Waals surface area contributed by atoms with Gasteiger partial charge < -0.3 is 11.1 Å². The van der Waals surface area contributed by atoms with E-state index in [2.05, 4.69) is 5.32 Å². The van der Waals surface area contributed by atoms with E-state index in [4.69, 9.17) is 5.73 Å². The molecule has 0 aliphatic heterocycles. The van der Waals surface area contributed by atoms with Crippen LogP contribution in [0.15, 0.2) is 11.4 Å². The van der Waals surface area contributed by atoms with Crippen molar-refractivity contribution in [1.82, 2.24) is 5.32 Å². The molecule has 2 amide bonds. The summed E-state index contributed by atoms with van der Waals surface area (Å²) in [5.74, 6) is -0.864. The number of carbonyl (C=O) groups is 3. The van der Waals surface area contributed by atoms with Crippen LogP contribution in [0.3, 0.4) is 0 Å². The van der Waals surface area contributed by atoms with Crippen molar-refractivity contribution < 1.29 is 14.4 Å². The summed E-state index contributed by atoms with van der Waals surface area (Å²) in [6.45, 7) is 4.88. The van der Waals surface area contributed by atoms with Gasteiger partial charge in [-0.25, -0.2) is 0 Å². The van der Waals surface area contributed by atoms with Gasteiger partial charge in [0.05, 0.1) is 4.88 Å². The lowest BCUT2D eigenvalue weighted by molar-refractivity contribution is -0.119. The van der Waals surface area contributed by atoms with Gasteiger partial charge in [0, 0.05) is 22.9 Å². The van der Waals surface area contributed by atoms with Crippen LogP contribution in [-0.4, -0.2) is 23.1 Å². The van der Waals surface area contributed by atoms with Crippen LogP contribution < -0.4 is 11.1 Å². The number of amides is 2. The summed E-state index contributed by atoms with van der Waals surface area (Å²) >= 11 is 1.20. The lowest BCUT2D eigenvalue weighted by atomic mass is 10.0. The Labute approximate surface area is 109 Å². The van der Waals surface area contributed by atoms with E-state index in [-0.39, 0.29) is 18.1 Å². The Kier molecular flexibility index (Phi) is 4.24. The van der Waals surface area contributed by atoms with Crippen LogP contribution in [0.4, 0.5) is 0 Å². The molecule has 0 bridgehead atoms. The number of hydrogen-bond donors (Lipinski definition) is 2. The molecule has 0 atom stereocenters. The topological polar surface area (TPSA) is 89.3 Å².